The van der Waals surface area contributed by atoms with Gasteiger partial charge in [-0.15, -0.1) is 0 Å². The van der Waals surface area contributed by atoms with Gasteiger partial charge in [-0.3, -0.25) is 4.57 Å². The van der Waals surface area contributed by atoms with Crippen molar-refractivity contribution in [1.29, 1.82) is 0 Å². The zero-order chi connectivity index (χ0) is 13.9. The summed E-state index contributed by atoms with van der Waals surface area (Å²) in [6, 6.07) is 7.12. The Bertz CT molecular complexity index is 714. The van der Waals surface area contributed by atoms with Crippen LogP contribution in [-0.4, -0.2) is 20.6 Å². The molecule has 0 atom stereocenters. The average Bonchev–Trinajstić information content (AvgIpc) is 3.10. The summed E-state index contributed by atoms with van der Waals surface area (Å²) < 4.78 is 6.54. The Morgan fingerprint density at radius 3 is 2.70 bits per heavy atom. The maximum absolute atomic E-state index is 11.8. The van der Waals surface area contributed by atoms with E-state index in [4.69, 9.17) is 4.42 Å². The summed E-state index contributed by atoms with van der Waals surface area (Å²) in [5.74, 6) is 0.623. The van der Waals surface area contributed by atoms with Crippen molar-refractivity contribution in [3.63, 3.8) is 0 Å². The highest BCUT2D eigenvalue weighted by Gasteiger charge is 2.06. The number of nitrogens with zero attached hydrogens (tertiary/aromatic N) is 3. The van der Waals surface area contributed by atoms with E-state index in [-0.39, 0.29) is 6.03 Å². The predicted octanol–water partition coefficient (Wildman–Crippen LogP) is 2.93. The Labute approximate surface area is 115 Å². The maximum Gasteiger partial charge on any atom is 0.331 e. The molecule has 0 saturated heterocycles. The summed E-state index contributed by atoms with van der Waals surface area (Å²) in [7, 11) is 0. The van der Waals surface area contributed by atoms with Gasteiger partial charge in [0.1, 0.15) is 18.3 Å². The van der Waals surface area contributed by atoms with Crippen molar-refractivity contribution < 1.29 is 9.21 Å². The Kier molecular flexibility index (Phi) is 3.04. The lowest BCUT2D eigenvalue weighted by Crippen LogP contribution is -2.17. The Morgan fingerprint density at radius 2 is 2.10 bits per heavy atom. The molecule has 2 aromatic heterocycles. The highest BCUT2D eigenvalue weighted by atomic mass is 16.3. The quantitative estimate of drug-likeness (QED) is 0.775. The minimum atomic E-state index is -0.257. The lowest BCUT2D eigenvalue weighted by atomic mass is 10.1. The summed E-state index contributed by atoms with van der Waals surface area (Å²) >= 11 is 0. The molecule has 20 heavy (non-hydrogen) atoms. The number of carbonyl (C=O) groups excluding carboxylic acids is 1. The summed E-state index contributed by atoms with van der Waals surface area (Å²) in [4.78, 5) is 19.9. The minimum Gasteiger partial charge on any atom is -0.449 e. The number of hydrogen-bond donors (Lipinski definition) is 1. The molecule has 0 aliphatic carbocycles. The monoisotopic (exact) mass is 268 g/mol. The number of imidazole rings is 1. The zero-order valence-corrected chi connectivity index (χ0v) is 10.8. The van der Waals surface area contributed by atoms with E-state index in [1.54, 1.807) is 25.6 Å². The van der Waals surface area contributed by atoms with E-state index >= 15 is 0 Å². The highest BCUT2D eigenvalue weighted by molar-refractivity contribution is 5.91. The van der Waals surface area contributed by atoms with Gasteiger partial charge in [-0.25, -0.2) is 14.8 Å². The Hall–Kier alpha value is -2.89. The Morgan fingerprint density at radius 1 is 1.30 bits per heavy atom. The molecule has 100 valence electrons. The van der Waals surface area contributed by atoms with Crippen LogP contribution in [0.25, 0.3) is 11.3 Å². The van der Waals surface area contributed by atoms with Crippen LogP contribution in [0, 0.1) is 6.92 Å². The molecule has 1 N–H and O–H groups in total. The largest absolute Gasteiger partial charge is 0.449 e. The van der Waals surface area contributed by atoms with Gasteiger partial charge in [-0.05, 0) is 12.1 Å². The van der Waals surface area contributed by atoms with Gasteiger partial charge in [-0.2, -0.15) is 0 Å². The molecule has 3 aromatic rings. The number of benzene rings is 1. The summed E-state index contributed by atoms with van der Waals surface area (Å²) in [6.07, 6.45) is 6.19. The van der Waals surface area contributed by atoms with E-state index in [1.165, 1.54) is 10.9 Å². The minimum absolute atomic E-state index is 0.257. The van der Waals surface area contributed by atoms with Gasteiger partial charge < -0.3 is 9.73 Å². The van der Waals surface area contributed by atoms with E-state index < -0.39 is 0 Å². The maximum atomic E-state index is 11.8. The van der Waals surface area contributed by atoms with Crippen molar-refractivity contribution in [3.8, 4) is 11.3 Å². The first-order valence-corrected chi connectivity index (χ1v) is 6.04. The van der Waals surface area contributed by atoms with Gasteiger partial charge in [-0.1, -0.05) is 12.1 Å². The average molecular weight is 268 g/mol. The molecular weight excluding hydrogens is 256 g/mol. The van der Waals surface area contributed by atoms with E-state index in [2.05, 4.69) is 15.3 Å². The van der Waals surface area contributed by atoms with Crippen molar-refractivity contribution >= 4 is 11.7 Å². The van der Waals surface area contributed by atoms with E-state index in [9.17, 15) is 4.79 Å². The molecule has 6 nitrogen and oxygen atoms in total. The third kappa shape index (κ3) is 2.44. The number of aromatic nitrogens is 3. The second-order valence-corrected chi connectivity index (χ2v) is 4.23. The van der Waals surface area contributed by atoms with Crippen LogP contribution in [0.2, 0.25) is 0 Å². The molecule has 1 amide bonds. The first-order chi connectivity index (χ1) is 9.72. The number of oxazole rings is 1. The molecule has 6 heteroatoms. The molecule has 3 rings (SSSR count). The van der Waals surface area contributed by atoms with E-state index in [0.717, 1.165) is 11.3 Å². The smallest absolute Gasteiger partial charge is 0.331 e. The fraction of sp³-hybridized carbons (Fsp3) is 0.0714. The highest BCUT2D eigenvalue weighted by Crippen LogP contribution is 2.20. The standard InChI is InChI=1S/C14H12N4O2/c1-10-16-13(8-20-10)11-2-4-12(5-3-11)17-14(19)18-7-6-15-9-18/h2-9H,1H3,(H,17,19). The molecule has 0 bridgehead atoms. The van der Waals surface area contributed by atoms with Gasteiger partial charge in [0, 0.05) is 30.6 Å². The molecule has 2 heterocycles. The molecule has 0 unspecified atom stereocenters. The molecule has 0 aliphatic heterocycles. The van der Waals surface area contributed by atoms with Gasteiger partial charge >= 0.3 is 6.03 Å². The number of anilines is 1. The lowest BCUT2D eigenvalue weighted by Gasteiger charge is -2.05. The summed E-state index contributed by atoms with van der Waals surface area (Å²) in [5.41, 5.74) is 2.41. The number of carbonyl (C=O) groups is 1. The zero-order valence-electron chi connectivity index (χ0n) is 10.8. The van der Waals surface area contributed by atoms with E-state index in [0.29, 0.717) is 11.6 Å². The second-order valence-electron chi connectivity index (χ2n) is 4.23. The van der Waals surface area contributed by atoms with Crippen molar-refractivity contribution in [1.82, 2.24) is 14.5 Å². The van der Waals surface area contributed by atoms with Crippen LogP contribution < -0.4 is 5.32 Å². The molecule has 0 saturated carbocycles. The Balaban J connectivity index is 1.75. The third-order valence-corrected chi connectivity index (χ3v) is 2.79. The van der Waals surface area contributed by atoms with Crippen LogP contribution in [0.1, 0.15) is 5.89 Å². The number of nitrogens with one attached hydrogen (secondary N) is 1. The molecule has 0 radical (unpaired) electrons. The molecule has 0 fully saturated rings. The van der Waals surface area contributed by atoms with Crippen molar-refractivity contribution in [3.05, 3.63) is 55.1 Å². The third-order valence-electron chi connectivity index (χ3n) is 2.79. The predicted molar refractivity (Wildman–Crippen MR) is 73.3 cm³/mol. The molecular formula is C14H12N4O2. The first kappa shape index (κ1) is 12.2. The molecule has 0 aliphatic rings. The fourth-order valence-electron chi connectivity index (χ4n) is 1.79. The van der Waals surface area contributed by atoms with Gasteiger partial charge in [0.2, 0.25) is 0 Å². The second kappa shape index (κ2) is 5.00. The van der Waals surface area contributed by atoms with Crippen LogP contribution in [0.5, 0.6) is 0 Å². The molecule has 0 spiro atoms. The number of hydrogen-bond acceptors (Lipinski definition) is 4. The van der Waals surface area contributed by atoms with Crippen LogP contribution >= 0.6 is 0 Å². The van der Waals surface area contributed by atoms with Crippen LogP contribution in [-0.2, 0) is 0 Å². The number of amides is 1. The summed E-state index contributed by atoms with van der Waals surface area (Å²) in [6.45, 7) is 1.79. The normalized spacial score (nSPS) is 10.4. The van der Waals surface area contributed by atoms with Crippen LogP contribution in [0.15, 0.2) is 53.7 Å². The van der Waals surface area contributed by atoms with Crippen molar-refractivity contribution in [2.45, 2.75) is 6.92 Å². The van der Waals surface area contributed by atoms with Gasteiger partial charge in [0.05, 0.1) is 0 Å². The lowest BCUT2D eigenvalue weighted by molar-refractivity contribution is 0.253. The summed E-state index contributed by atoms with van der Waals surface area (Å²) in [5, 5.41) is 2.77. The fourth-order valence-corrected chi connectivity index (χ4v) is 1.79. The first-order valence-electron chi connectivity index (χ1n) is 6.04. The van der Waals surface area contributed by atoms with Gasteiger partial charge in [0.15, 0.2) is 5.89 Å². The number of aryl methyl sites for hydroxylation is 1. The molecule has 1 aromatic carbocycles. The SMILES string of the molecule is Cc1nc(-c2ccc(NC(=O)n3ccnc3)cc2)co1. The van der Waals surface area contributed by atoms with Crippen molar-refractivity contribution in [2.75, 3.05) is 5.32 Å². The van der Waals surface area contributed by atoms with Crippen LogP contribution in [0.4, 0.5) is 10.5 Å². The van der Waals surface area contributed by atoms with Gasteiger partial charge in [0.25, 0.3) is 0 Å². The van der Waals surface area contributed by atoms with E-state index in [1.807, 2.05) is 24.3 Å². The van der Waals surface area contributed by atoms with Crippen LogP contribution in [0.3, 0.4) is 0 Å². The van der Waals surface area contributed by atoms with Crippen molar-refractivity contribution in [2.24, 2.45) is 0 Å². The number of rotatable bonds is 2. The topological polar surface area (TPSA) is 73.0 Å².